The molecule has 2 aromatic carbocycles. The molecule has 0 saturated carbocycles. The monoisotopic (exact) mass is 354 g/mol. The van der Waals surface area contributed by atoms with Gasteiger partial charge in [0, 0.05) is 6.61 Å². The average molecular weight is 354 g/mol. The van der Waals surface area contributed by atoms with Crippen LogP contribution in [0.2, 0.25) is 5.04 Å². The van der Waals surface area contributed by atoms with Gasteiger partial charge in [0.25, 0.3) is 8.32 Å². The third-order valence-electron chi connectivity index (χ3n) is 4.37. The molecule has 2 nitrogen and oxygen atoms in total. The van der Waals surface area contributed by atoms with E-state index in [9.17, 15) is 5.11 Å². The van der Waals surface area contributed by atoms with Gasteiger partial charge in [-0.25, -0.2) is 0 Å². The Hall–Kier alpha value is -0.228. The van der Waals surface area contributed by atoms with Crippen molar-refractivity contribution in [3.05, 3.63) is 67.6 Å². The zero-order valence-corrected chi connectivity index (χ0v) is 18.2. The first kappa shape index (κ1) is 25.8. The van der Waals surface area contributed by atoms with Crippen molar-refractivity contribution < 1.29 is 47.3 Å². The van der Waals surface area contributed by atoms with Crippen molar-refractivity contribution >= 4 is 18.7 Å². The van der Waals surface area contributed by atoms with Crippen molar-refractivity contribution in [3.63, 3.8) is 0 Å². The molecule has 0 bridgehead atoms. The van der Waals surface area contributed by atoms with Gasteiger partial charge in [-0.2, -0.15) is 0 Å². The zero-order valence-electron chi connectivity index (χ0n) is 17.2. The van der Waals surface area contributed by atoms with Crippen LogP contribution >= 0.6 is 0 Å². The van der Waals surface area contributed by atoms with Crippen molar-refractivity contribution in [2.24, 2.45) is 0 Å². The molecule has 0 heterocycles. The Morgan fingerprint density at radius 1 is 0.846 bits per heavy atom. The number of hydrogen-bond donors (Lipinski definition) is 0. The molecule has 0 aromatic heterocycles. The van der Waals surface area contributed by atoms with E-state index in [1.165, 1.54) is 10.4 Å². The van der Waals surface area contributed by atoms with Gasteiger partial charge in [-0.3, -0.25) is 5.60 Å². The summed E-state index contributed by atoms with van der Waals surface area (Å²) in [6.45, 7) is 12.4. The van der Waals surface area contributed by atoms with Crippen molar-refractivity contribution in [2.75, 3.05) is 6.61 Å². The molecule has 0 aliphatic rings. The predicted molar refractivity (Wildman–Crippen MR) is 102 cm³/mol. The van der Waals surface area contributed by atoms with Gasteiger partial charge in [0.1, 0.15) is 0 Å². The second kappa shape index (κ2) is 10.4. The summed E-state index contributed by atoms with van der Waals surface area (Å²) in [7, 11) is -2.52. The van der Waals surface area contributed by atoms with Gasteiger partial charge in [-0.1, -0.05) is 87.9 Å². The molecule has 0 spiro atoms. The maximum Gasteiger partial charge on any atom is 1.00 e. The van der Waals surface area contributed by atoms with E-state index < -0.39 is 13.9 Å². The molecule has 0 radical (unpaired) electrons. The molecule has 0 N–H and O–H groups in total. The summed E-state index contributed by atoms with van der Waals surface area (Å²) < 4.78 is 6.64. The van der Waals surface area contributed by atoms with E-state index in [0.717, 1.165) is 0 Å². The van der Waals surface area contributed by atoms with Gasteiger partial charge in [-0.05, 0) is 15.4 Å². The molecule has 0 aliphatic carbocycles. The van der Waals surface area contributed by atoms with Crippen molar-refractivity contribution in [1.82, 2.24) is 0 Å². The van der Waals surface area contributed by atoms with Gasteiger partial charge in [-0.15, -0.1) is 6.92 Å². The van der Waals surface area contributed by atoms with Crippen molar-refractivity contribution in [1.29, 1.82) is 0 Å². The Labute approximate surface area is 184 Å². The van der Waals surface area contributed by atoms with Gasteiger partial charge >= 0.3 is 37.7 Å². The van der Waals surface area contributed by atoms with Gasteiger partial charge < -0.3 is 16.5 Å². The molecule has 1 atom stereocenters. The van der Waals surface area contributed by atoms with Crippen LogP contribution in [0.4, 0.5) is 0 Å². The van der Waals surface area contributed by atoms with Crippen LogP contribution in [-0.2, 0) is 4.43 Å². The molecule has 2 rings (SSSR count). The first-order valence-corrected chi connectivity index (χ1v) is 10.4. The minimum Gasteiger partial charge on any atom is -0.874 e. The van der Waals surface area contributed by atoms with E-state index in [0.29, 0.717) is 13.0 Å². The van der Waals surface area contributed by atoms with Crippen LogP contribution in [0.25, 0.3) is 0 Å². The molecule has 130 valence electrons. The molecule has 0 fully saturated rings. The molecule has 2 aromatic rings. The fourth-order valence-electron chi connectivity index (χ4n) is 3.18. The Morgan fingerprint density at radius 3 is 1.54 bits per heavy atom. The Bertz CT molecular complexity index is 595. The number of benzene rings is 2. The predicted octanol–water partition coefficient (Wildman–Crippen LogP) is -3.09. The Kier molecular flexibility index (Phi) is 10.3. The third-order valence-corrected chi connectivity index (χ3v) is 9.41. The second-order valence-corrected chi connectivity index (χ2v) is 12.0. The van der Waals surface area contributed by atoms with Crippen molar-refractivity contribution in [3.8, 4) is 0 Å². The van der Waals surface area contributed by atoms with Gasteiger partial charge in [0.15, 0.2) is 0 Å². The van der Waals surface area contributed by atoms with Crippen LogP contribution in [0.3, 0.4) is 0 Å². The summed E-state index contributed by atoms with van der Waals surface area (Å²) in [5.41, 5.74) is -1.22. The van der Waals surface area contributed by atoms with E-state index >= 15 is 0 Å². The summed E-state index contributed by atoms with van der Waals surface area (Å²) in [5, 5.41) is 14.3. The molecule has 5 heteroatoms. The van der Waals surface area contributed by atoms with E-state index in [1.54, 1.807) is 6.92 Å². The molecular weight excluding hydrogens is 326 g/mol. The van der Waals surface area contributed by atoms with E-state index in [2.05, 4.69) is 76.2 Å². The van der Waals surface area contributed by atoms with Crippen LogP contribution in [0.5, 0.6) is 0 Å². The molecular formula is C21H28Li2O2Si. The largest absolute Gasteiger partial charge is 1.00 e. The fourth-order valence-corrected chi connectivity index (χ4v) is 7.75. The minimum absolute atomic E-state index is 0. The molecule has 0 unspecified atom stereocenters. The van der Waals surface area contributed by atoms with Gasteiger partial charge in [0.05, 0.1) is 0 Å². The fraction of sp³-hybridized carbons (Fsp3) is 0.381. The summed E-state index contributed by atoms with van der Waals surface area (Å²) in [4.78, 5) is 0. The summed E-state index contributed by atoms with van der Waals surface area (Å²) in [6.07, 6.45) is 0.400. The molecule has 0 aliphatic heterocycles. The van der Waals surface area contributed by atoms with Crippen LogP contribution in [0.15, 0.2) is 60.7 Å². The average Bonchev–Trinajstić information content (AvgIpc) is 2.51. The summed E-state index contributed by atoms with van der Waals surface area (Å²) >= 11 is 0. The standard InChI is InChI=1S/C21H28O2Si.2Li/c1-20(2,3)24(18-12-8-6-9-13-18,19-14-10-7-11-15-19)23-17-16-21(4,5)22;;/h6-15H,4,16-17H2,1-3,5H3;;/q-2;2*+1/t21-;;/m0../s1. The zero-order chi connectivity index (χ0) is 17.8. The topological polar surface area (TPSA) is 32.3 Å². The summed E-state index contributed by atoms with van der Waals surface area (Å²) in [5.74, 6) is 0. The summed E-state index contributed by atoms with van der Waals surface area (Å²) in [6, 6.07) is 20.9. The first-order chi connectivity index (χ1) is 11.2. The third kappa shape index (κ3) is 6.15. The van der Waals surface area contributed by atoms with Crippen molar-refractivity contribution in [2.45, 2.75) is 44.8 Å². The molecule has 0 amide bonds. The van der Waals surface area contributed by atoms with Crippen LogP contribution in [0.1, 0.15) is 34.1 Å². The maximum atomic E-state index is 11.9. The minimum atomic E-state index is -2.52. The molecule has 26 heavy (non-hydrogen) atoms. The number of hydrogen-bond acceptors (Lipinski definition) is 2. The Morgan fingerprint density at radius 2 is 1.23 bits per heavy atom. The van der Waals surface area contributed by atoms with E-state index in [4.69, 9.17) is 4.43 Å². The van der Waals surface area contributed by atoms with E-state index in [1.807, 2.05) is 12.1 Å². The van der Waals surface area contributed by atoms with Gasteiger partial charge in [0.2, 0.25) is 0 Å². The maximum absolute atomic E-state index is 11.9. The quantitative estimate of drug-likeness (QED) is 0.407. The Balaban J connectivity index is 0.00000312. The SMILES string of the molecule is [CH2-][C@@](C)([O-])CCO[Si](c1ccccc1)(c1ccccc1)C(C)(C)C.[Li+].[Li+]. The van der Waals surface area contributed by atoms with Crippen LogP contribution in [0, 0.1) is 6.92 Å². The van der Waals surface area contributed by atoms with E-state index in [-0.39, 0.29) is 42.8 Å². The smallest absolute Gasteiger partial charge is 0.874 e. The molecule has 0 saturated heterocycles. The normalized spacial score (nSPS) is 13.9. The first-order valence-electron chi connectivity index (χ1n) is 8.48. The van der Waals surface area contributed by atoms with Crippen LogP contribution < -0.4 is 53.2 Å². The van der Waals surface area contributed by atoms with Crippen LogP contribution in [-0.4, -0.2) is 20.5 Å². The second-order valence-electron chi connectivity index (χ2n) is 7.71. The number of rotatable bonds is 6.